The number of nitrogens with zero attached hydrogens (tertiary/aromatic N) is 1. The Kier molecular flexibility index (Phi) is 7.83. The molecule has 1 aliphatic rings. The fraction of sp³-hybridized carbons (Fsp3) is 0.259. The van der Waals surface area contributed by atoms with Crippen molar-refractivity contribution < 1.29 is 19.1 Å². The van der Waals surface area contributed by atoms with E-state index < -0.39 is 0 Å². The van der Waals surface area contributed by atoms with Crippen molar-refractivity contribution in [1.82, 2.24) is 4.90 Å². The first-order chi connectivity index (χ1) is 16.4. The Morgan fingerprint density at radius 3 is 2.53 bits per heavy atom. The Balaban J connectivity index is 1.58. The van der Waals surface area contributed by atoms with E-state index in [9.17, 15) is 9.59 Å². The monoisotopic (exact) mass is 587 g/mol. The largest absolute Gasteiger partial charge is 0.490 e. The van der Waals surface area contributed by atoms with Gasteiger partial charge < -0.3 is 9.47 Å². The van der Waals surface area contributed by atoms with Crippen LogP contribution in [0.25, 0.3) is 16.8 Å². The lowest BCUT2D eigenvalue weighted by Gasteiger charge is -2.19. The highest BCUT2D eigenvalue weighted by atomic mass is 127. The summed E-state index contributed by atoms with van der Waals surface area (Å²) in [7, 11) is 0. The molecule has 1 aliphatic heterocycles. The van der Waals surface area contributed by atoms with Crippen LogP contribution < -0.4 is 9.47 Å². The highest BCUT2D eigenvalue weighted by Gasteiger charge is 2.37. The standard InChI is InChI=1S/C27H26INO4S/c1-4-17(3)29-26(30)24(34-27(29)31)15-19-13-22(28)25(23(14-19)32-5-2)33-16-18-10-11-20-8-6-7-9-21(20)12-18/h6-15,17H,4-5,16H2,1-3H3/b24-15+/t17-/m1/s1. The number of benzene rings is 3. The van der Waals surface area contributed by atoms with Crippen LogP contribution in [0.15, 0.2) is 59.5 Å². The van der Waals surface area contributed by atoms with E-state index in [1.807, 2.05) is 45.0 Å². The molecule has 0 aliphatic carbocycles. The van der Waals surface area contributed by atoms with Crippen molar-refractivity contribution in [3.8, 4) is 11.5 Å². The molecule has 5 nitrogen and oxygen atoms in total. The quantitative estimate of drug-likeness (QED) is 0.205. The Morgan fingerprint density at radius 2 is 1.79 bits per heavy atom. The van der Waals surface area contributed by atoms with Crippen LogP contribution in [0.4, 0.5) is 4.79 Å². The number of amides is 2. The van der Waals surface area contributed by atoms with Gasteiger partial charge in [-0.25, -0.2) is 0 Å². The van der Waals surface area contributed by atoms with Crippen molar-refractivity contribution in [3.05, 3.63) is 74.2 Å². The predicted octanol–water partition coefficient (Wildman–Crippen LogP) is 7.26. The van der Waals surface area contributed by atoms with Crippen molar-refractivity contribution in [1.29, 1.82) is 0 Å². The number of hydrogen-bond donors (Lipinski definition) is 0. The first-order valence-electron chi connectivity index (χ1n) is 11.2. The van der Waals surface area contributed by atoms with E-state index in [0.717, 1.165) is 32.9 Å². The minimum absolute atomic E-state index is 0.122. The minimum atomic E-state index is -0.242. The second-order valence-corrected chi connectivity index (χ2v) is 10.2. The third kappa shape index (κ3) is 5.25. The molecule has 4 rings (SSSR count). The molecule has 176 valence electrons. The first kappa shape index (κ1) is 24.6. The summed E-state index contributed by atoms with van der Waals surface area (Å²) in [6.07, 6.45) is 2.48. The van der Waals surface area contributed by atoms with Crippen LogP contribution in [0, 0.1) is 3.57 Å². The summed E-state index contributed by atoms with van der Waals surface area (Å²) >= 11 is 3.20. The average molecular weight is 587 g/mol. The normalized spacial score (nSPS) is 15.9. The molecule has 0 N–H and O–H groups in total. The van der Waals surface area contributed by atoms with E-state index in [2.05, 4.69) is 52.9 Å². The van der Waals surface area contributed by atoms with Crippen LogP contribution >= 0.6 is 34.4 Å². The summed E-state index contributed by atoms with van der Waals surface area (Å²) in [6, 6.07) is 18.2. The second-order valence-electron chi connectivity index (χ2n) is 8.04. The highest BCUT2D eigenvalue weighted by molar-refractivity contribution is 14.1. The van der Waals surface area contributed by atoms with Crippen LogP contribution in [-0.2, 0) is 11.4 Å². The van der Waals surface area contributed by atoms with E-state index in [1.165, 1.54) is 15.7 Å². The molecular weight excluding hydrogens is 561 g/mol. The Hall–Kier alpha value is -2.52. The van der Waals surface area contributed by atoms with Gasteiger partial charge in [0.25, 0.3) is 11.1 Å². The molecule has 0 unspecified atom stereocenters. The van der Waals surface area contributed by atoms with Crippen molar-refractivity contribution in [2.45, 2.75) is 39.8 Å². The van der Waals surface area contributed by atoms with Gasteiger partial charge in [-0.05, 0) is 101 Å². The number of carbonyl (C=O) groups excluding carboxylic acids is 2. The smallest absolute Gasteiger partial charge is 0.293 e. The average Bonchev–Trinajstić information content (AvgIpc) is 3.10. The molecule has 34 heavy (non-hydrogen) atoms. The SMILES string of the molecule is CCOc1cc(/C=C2/SC(=O)N([C@H](C)CC)C2=O)cc(I)c1OCc1ccc2ccccc2c1. The molecule has 0 radical (unpaired) electrons. The summed E-state index contributed by atoms with van der Waals surface area (Å²) in [4.78, 5) is 26.9. The number of carbonyl (C=O) groups is 2. The molecule has 1 heterocycles. The maximum atomic E-state index is 12.8. The zero-order chi connectivity index (χ0) is 24.2. The number of imide groups is 1. The molecule has 0 aromatic heterocycles. The zero-order valence-corrected chi connectivity index (χ0v) is 22.3. The molecule has 1 atom stereocenters. The second kappa shape index (κ2) is 10.8. The van der Waals surface area contributed by atoms with Gasteiger partial charge in [0.05, 0.1) is 15.1 Å². The topological polar surface area (TPSA) is 55.8 Å². The van der Waals surface area contributed by atoms with Crippen molar-refractivity contribution in [3.63, 3.8) is 0 Å². The molecule has 3 aromatic carbocycles. The fourth-order valence-electron chi connectivity index (χ4n) is 3.75. The van der Waals surface area contributed by atoms with E-state index in [-0.39, 0.29) is 17.2 Å². The Morgan fingerprint density at radius 1 is 1.03 bits per heavy atom. The number of thioether (sulfide) groups is 1. The zero-order valence-electron chi connectivity index (χ0n) is 19.3. The number of halogens is 1. The maximum absolute atomic E-state index is 12.8. The van der Waals surface area contributed by atoms with Crippen LogP contribution in [0.3, 0.4) is 0 Å². The molecule has 0 spiro atoms. The molecule has 3 aromatic rings. The lowest BCUT2D eigenvalue weighted by atomic mass is 10.1. The van der Waals surface area contributed by atoms with Gasteiger partial charge in [0, 0.05) is 6.04 Å². The van der Waals surface area contributed by atoms with Gasteiger partial charge >= 0.3 is 0 Å². The molecule has 2 amide bonds. The third-order valence-electron chi connectivity index (χ3n) is 5.68. The van der Waals surface area contributed by atoms with Crippen LogP contribution in [0.2, 0.25) is 0 Å². The fourth-order valence-corrected chi connectivity index (χ4v) is 5.46. The summed E-state index contributed by atoms with van der Waals surface area (Å²) < 4.78 is 12.9. The van der Waals surface area contributed by atoms with Crippen molar-refractivity contribution in [2.24, 2.45) is 0 Å². The molecule has 1 saturated heterocycles. The summed E-state index contributed by atoms with van der Waals surface area (Å²) in [5, 5.41) is 2.14. The van der Waals surface area contributed by atoms with Gasteiger partial charge in [-0.1, -0.05) is 43.3 Å². The van der Waals surface area contributed by atoms with Gasteiger partial charge in [-0.15, -0.1) is 0 Å². The number of rotatable bonds is 8. The predicted molar refractivity (Wildman–Crippen MR) is 146 cm³/mol. The van der Waals surface area contributed by atoms with Gasteiger partial charge in [-0.2, -0.15) is 0 Å². The van der Waals surface area contributed by atoms with Gasteiger partial charge in [0.1, 0.15) is 6.61 Å². The Bertz CT molecular complexity index is 1270. The van der Waals surface area contributed by atoms with Crippen LogP contribution in [0.5, 0.6) is 11.5 Å². The molecule has 0 bridgehead atoms. The van der Waals surface area contributed by atoms with E-state index in [1.54, 1.807) is 6.08 Å². The molecular formula is C27H26INO4S. The minimum Gasteiger partial charge on any atom is -0.490 e. The maximum Gasteiger partial charge on any atom is 0.293 e. The molecule has 1 fully saturated rings. The Labute approximate surface area is 217 Å². The lowest BCUT2D eigenvalue weighted by Crippen LogP contribution is -2.36. The summed E-state index contributed by atoms with van der Waals surface area (Å²) in [6.45, 7) is 6.66. The van der Waals surface area contributed by atoms with Crippen LogP contribution in [0.1, 0.15) is 38.3 Å². The van der Waals surface area contributed by atoms with Crippen molar-refractivity contribution in [2.75, 3.05) is 6.61 Å². The van der Waals surface area contributed by atoms with Gasteiger partial charge in [0.15, 0.2) is 11.5 Å². The summed E-state index contributed by atoms with van der Waals surface area (Å²) in [5.74, 6) is 1.04. The molecule has 7 heteroatoms. The van der Waals surface area contributed by atoms with E-state index in [0.29, 0.717) is 29.6 Å². The molecule has 0 saturated carbocycles. The van der Waals surface area contributed by atoms with Gasteiger partial charge in [-0.3, -0.25) is 14.5 Å². The first-order valence-corrected chi connectivity index (χ1v) is 13.1. The summed E-state index contributed by atoms with van der Waals surface area (Å²) in [5.41, 5.74) is 1.86. The van der Waals surface area contributed by atoms with Gasteiger partial charge in [0.2, 0.25) is 0 Å². The van der Waals surface area contributed by atoms with E-state index in [4.69, 9.17) is 9.47 Å². The number of fused-ring (bicyclic) bond motifs is 1. The number of hydrogen-bond acceptors (Lipinski definition) is 5. The lowest BCUT2D eigenvalue weighted by molar-refractivity contribution is -0.124. The van der Waals surface area contributed by atoms with Crippen molar-refractivity contribution >= 4 is 62.3 Å². The van der Waals surface area contributed by atoms with E-state index >= 15 is 0 Å². The number of ether oxygens (including phenoxy) is 2. The highest BCUT2D eigenvalue weighted by Crippen LogP contribution is 2.38. The van der Waals surface area contributed by atoms with Crippen LogP contribution in [-0.4, -0.2) is 28.7 Å². The third-order valence-corrected chi connectivity index (χ3v) is 7.37.